The molecule has 248 valence electrons. The van der Waals surface area contributed by atoms with Gasteiger partial charge in [-0.15, -0.1) is 21.9 Å². The van der Waals surface area contributed by atoms with Crippen LogP contribution in [0.15, 0.2) is 0 Å². The maximum absolute atomic E-state index is 16.0. The van der Waals surface area contributed by atoms with Gasteiger partial charge >= 0.3 is 0 Å². The lowest BCUT2D eigenvalue weighted by atomic mass is 9.12. The minimum absolute atomic E-state index is 0. The average Bonchev–Trinajstić information content (AvgIpc) is 3.00. The SMILES string of the molecule is Fc1c(F)c(Cl)c(Cl)c([B-](c2c(F)c(F)c(F)c(Cl)c2Cl)(c2c(F)c(F)c(F)c(Cl)c2Cl)c2c(F)c(F)c(F)c(Cl)c2Cl)c1F.[IH2+]. The second kappa shape index (κ2) is 13.8. The van der Waals surface area contributed by atoms with Gasteiger partial charge in [-0.3, -0.25) is 0 Å². The molecule has 0 bridgehead atoms. The van der Waals surface area contributed by atoms with Gasteiger partial charge in [0.1, 0.15) is 29.4 Å². The van der Waals surface area contributed by atoms with Crippen LogP contribution < -0.4 is 45.8 Å². The second-order valence-electron chi connectivity index (χ2n) is 8.80. The molecule has 0 amide bonds. The Labute approximate surface area is 305 Å². The predicted octanol–water partition coefficient (Wildman–Crippen LogP) is 6.43. The zero-order valence-electron chi connectivity index (χ0n) is 20.6. The molecule has 0 saturated carbocycles. The quantitative estimate of drug-likeness (QED) is 0.0729. The molecule has 0 spiro atoms. The van der Waals surface area contributed by atoms with E-state index in [1.165, 1.54) is 0 Å². The summed E-state index contributed by atoms with van der Waals surface area (Å²) in [5, 5.41) is -13.9. The zero-order valence-corrected chi connectivity index (χ0v) is 29.2. The number of halogens is 21. The van der Waals surface area contributed by atoms with Gasteiger partial charge in [0, 0.05) is 20.1 Å². The van der Waals surface area contributed by atoms with Gasteiger partial charge in [0.2, 0.25) is 24.0 Å². The Bertz CT molecular complexity index is 1600. The summed E-state index contributed by atoms with van der Waals surface area (Å²) in [6.45, 7) is 0. The standard InChI is InChI=1S/C24BCl8F12.H2I/c26-5-1(13(34)21(42)17(38)9(5)30)25(2-6(27)10(31)18(39)22(43)14(2)35,3-7(28)11(32)19(40)23(44)15(3)36)4-8(29)12(33)20(41)24(45)16(4)37;/h;1H2/q-1;+1. The molecule has 0 aliphatic heterocycles. The van der Waals surface area contributed by atoms with E-state index >= 15 is 35.1 Å². The molecule has 0 heterocycles. The maximum Gasteiger partial charge on any atom is 0.235 e. The van der Waals surface area contributed by atoms with Gasteiger partial charge in [0.05, 0.1) is 20.1 Å². The monoisotopic (exact) mass is 936 g/mol. The molecule has 0 N–H and O–H groups in total. The van der Waals surface area contributed by atoms with Crippen molar-refractivity contribution in [3.63, 3.8) is 0 Å². The van der Waals surface area contributed by atoms with Crippen LogP contribution in [0.1, 0.15) is 0 Å². The summed E-state index contributed by atoms with van der Waals surface area (Å²) in [5.74, 6) is -31.3. The minimum atomic E-state index is -5.62. The van der Waals surface area contributed by atoms with Crippen LogP contribution in [0.25, 0.3) is 0 Å². The Morgan fingerprint density at radius 3 is 0.543 bits per heavy atom. The van der Waals surface area contributed by atoms with Crippen molar-refractivity contribution in [2.45, 2.75) is 0 Å². The molecular weight excluding hydrogens is 938 g/mol. The van der Waals surface area contributed by atoms with E-state index in [9.17, 15) is 17.6 Å². The Kier molecular flexibility index (Phi) is 11.9. The van der Waals surface area contributed by atoms with Crippen molar-refractivity contribution in [1.29, 1.82) is 0 Å². The van der Waals surface area contributed by atoms with Crippen LogP contribution in [0.4, 0.5) is 52.7 Å². The van der Waals surface area contributed by atoms with Gasteiger partial charge < -0.3 is 0 Å². The van der Waals surface area contributed by atoms with E-state index in [4.69, 9.17) is 92.8 Å². The summed E-state index contributed by atoms with van der Waals surface area (Å²) >= 11 is 46.6. The molecule has 4 aromatic rings. The lowest BCUT2D eigenvalue weighted by Crippen LogP contribution is -3.00. The highest BCUT2D eigenvalue weighted by Crippen LogP contribution is 2.39. The number of benzene rings is 4. The molecule has 46 heavy (non-hydrogen) atoms. The third-order valence-corrected chi connectivity index (χ3v) is 10.1. The Morgan fingerprint density at radius 2 is 0.391 bits per heavy atom. The topological polar surface area (TPSA) is 0 Å². The Balaban J connectivity index is 0.00000576. The maximum atomic E-state index is 16.0. The van der Waals surface area contributed by atoms with E-state index in [2.05, 4.69) is 0 Å². The van der Waals surface area contributed by atoms with Crippen molar-refractivity contribution in [1.82, 2.24) is 0 Å². The molecule has 4 aromatic carbocycles. The summed E-state index contributed by atoms with van der Waals surface area (Å²) in [6.07, 6.45) is -5.62. The number of hydrogen-bond donors (Lipinski definition) is 0. The average molecular weight is 940 g/mol. The summed E-state index contributed by atoms with van der Waals surface area (Å²) in [4.78, 5) is 0. The van der Waals surface area contributed by atoms with Crippen LogP contribution in [-0.4, -0.2) is 6.15 Å². The fourth-order valence-electron chi connectivity index (χ4n) is 4.87. The first kappa shape index (κ1) is 39.6. The van der Waals surface area contributed by atoms with Crippen LogP contribution in [-0.2, 0) is 0 Å². The molecule has 0 aliphatic carbocycles. The summed E-state index contributed by atoms with van der Waals surface area (Å²) in [5.41, 5.74) is -8.47. The Hall–Kier alpha value is -0.845. The summed E-state index contributed by atoms with van der Waals surface area (Å²) in [7, 11) is 0. The fraction of sp³-hybridized carbons (Fsp3) is 0. The molecular formula is C24H2BCl8F12I. The van der Waals surface area contributed by atoms with Crippen molar-refractivity contribution >= 4 is 121 Å². The molecule has 22 heteroatoms. The van der Waals surface area contributed by atoms with Crippen LogP contribution >= 0.6 is 92.8 Å². The number of hydrogen-bond acceptors (Lipinski definition) is 0. The summed E-state index contributed by atoms with van der Waals surface area (Å²) < 4.78 is 182. The van der Waals surface area contributed by atoms with Gasteiger partial charge in [-0.2, -0.15) is 0 Å². The van der Waals surface area contributed by atoms with Gasteiger partial charge in [0.25, 0.3) is 0 Å². The van der Waals surface area contributed by atoms with E-state index in [0.717, 1.165) is 0 Å². The van der Waals surface area contributed by atoms with Crippen LogP contribution in [0.2, 0.25) is 40.2 Å². The predicted molar refractivity (Wildman–Crippen MR) is 152 cm³/mol. The van der Waals surface area contributed by atoms with Crippen molar-refractivity contribution < 1.29 is 76.7 Å². The zero-order chi connectivity index (χ0) is 34.4. The highest BCUT2D eigenvalue weighted by molar-refractivity contribution is 7.22. The molecule has 0 aromatic heterocycles. The van der Waals surface area contributed by atoms with Gasteiger partial charge in [-0.05, 0) is 0 Å². The fourth-order valence-corrected chi connectivity index (χ4v) is 6.93. The second-order valence-corrected chi connectivity index (χ2v) is 11.8. The van der Waals surface area contributed by atoms with Crippen LogP contribution in [0.3, 0.4) is 0 Å². The van der Waals surface area contributed by atoms with E-state index < -0.39 is 138 Å². The highest BCUT2D eigenvalue weighted by Gasteiger charge is 2.50. The lowest BCUT2D eigenvalue weighted by Gasteiger charge is -2.46. The van der Waals surface area contributed by atoms with E-state index in [0.29, 0.717) is 0 Å². The van der Waals surface area contributed by atoms with E-state index in [1.54, 1.807) is 0 Å². The molecule has 0 fully saturated rings. The van der Waals surface area contributed by atoms with Crippen molar-refractivity contribution in [3.8, 4) is 0 Å². The van der Waals surface area contributed by atoms with Crippen LogP contribution in [0.5, 0.6) is 0 Å². The normalized spacial score (nSPS) is 11.7. The molecule has 0 atom stereocenters. The van der Waals surface area contributed by atoms with Crippen molar-refractivity contribution in [2.24, 2.45) is 0 Å². The molecule has 0 radical (unpaired) electrons. The summed E-state index contributed by atoms with van der Waals surface area (Å²) in [6, 6.07) is 0. The van der Waals surface area contributed by atoms with Crippen LogP contribution in [0, 0.1) is 69.8 Å². The largest absolute Gasteiger partial charge is 0.235 e. The lowest BCUT2D eigenvalue weighted by molar-refractivity contribution is -0.0000141. The molecule has 4 rings (SSSR count). The van der Waals surface area contributed by atoms with Crippen molar-refractivity contribution in [3.05, 3.63) is 110 Å². The first-order chi connectivity index (χ1) is 20.7. The molecule has 0 nitrogen and oxygen atoms in total. The molecule has 0 aliphatic rings. The smallest absolute Gasteiger partial charge is 0.207 e. The van der Waals surface area contributed by atoms with Gasteiger partial charge in [-0.1, -0.05) is 92.8 Å². The Morgan fingerprint density at radius 1 is 0.239 bits per heavy atom. The van der Waals surface area contributed by atoms with Gasteiger partial charge in [0.15, 0.2) is 46.5 Å². The van der Waals surface area contributed by atoms with Gasteiger partial charge in [-0.25, -0.2) is 52.7 Å². The minimum Gasteiger partial charge on any atom is -0.207 e. The van der Waals surface area contributed by atoms with E-state index in [-0.39, 0.29) is 24.0 Å². The first-order valence-electron chi connectivity index (χ1n) is 10.9. The first-order valence-corrected chi connectivity index (χ1v) is 14.0. The third kappa shape index (κ3) is 5.40. The molecule has 0 saturated heterocycles. The molecule has 0 unspecified atom stereocenters. The number of rotatable bonds is 4. The third-order valence-electron chi connectivity index (χ3n) is 6.71. The van der Waals surface area contributed by atoms with Crippen molar-refractivity contribution in [2.75, 3.05) is 0 Å². The highest BCUT2D eigenvalue weighted by atomic mass is 127. The van der Waals surface area contributed by atoms with E-state index in [1.807, 2.05) is 0 Å².